The van der Waals surface area contributed by atoms with E-state index in [1.807, 2.05) is 51.6 Å². The summed E-state index contributed by atoms with van der Waals surface area (Å²) in [4.78, 5) is 36.7. The van der Waals surface area contributed by atoms with Gasteiger partial charge in [0.25, 0.3) is 5.91 Å². The summed E-state index contributed by atoms with van der Waals surface area (Å²) in [6.45, 7) is 5.24. The largest absolute Gasteiger partial charge is 0.350 e. The molecule has 10 heteroatoms. The molecular formula is C29H31N7O3. The van der Waals surface area contributed by atoms with Gasteiger partial charge in [-0.3, -0.25) is 23.7 Å². The Bertz CT molecular complexity index is 1460. The molecule has 4 rings (SSSR count). The lowest BCUT2D eigenvalue weighted by atomic mass is 9.96. The summed E-state index contributed by atoms with van der Waals surface area (Å²) in [6, 6.07) is 14.8. The van der Waals surface area contributed by atoms with Crippen molar-refractivity contribution in [1.82, 2.24) is 35.5 Å². The standard InChI is InChI=1S/C29H31N7O3/c1-5-27(37)31-17-28(38)30-15-20-8-6-7-9-25(20)29(39)33-19(2)21-12-22(24-16-32-36(4)18-24)14-23(13-21)26-10-11-35(3)34-26/h5-14,16,18-19H,1,15,17H2,2-4H3,(H,30,38)(H,31,37)(H,33,39)/t19-/m1/s1. The van der Waals surface area contributed by atoms with Crippen molar-refractivity contribution in [2.24, 2.45) is 14.1 Å². The van der Waals surface area contributed by atoms with E-state index in [1.165, 1.54) is 0 Å². The van der Waals surface area contributed by atoms with Crippen LogP contribution in [0.5, 0.6) is 0 Å². The molecule has 0 aliphatic rings. The lowest BCUT2D eigenvalue weighted by Gasteiger charge is -2.18. The van der Waals surface area contributed by atoms with Crippen LogP contribution < -0.4 is 16.0 Å². The summed E-state index contributed by atoms with van der Waals surface area (Å²) in [6.07, 6.45) is 6.73. The minimum absolute atomic E-state index is 0.140. The van der Waals surface area contributed by atoms with Crippen LogP contribution in [0.3, 0.4) is 0 Å². The van der Waals surface area contributed by atoms with Gasteiger partial charge in [-0.2, -0.15) is 10.2 Å². The van der Waals surface area contributed by atoms with Crippen LogP contribution in [0.25, 0.3) is 22.4 Å². The molecule has 4 aromatic rings. The average Bonchev–Trinajstić information content (AvgIpc) is 3.58. The number of carbonyl (C=O) groups excluding carboxylic acids is 3. The molecule has 2 aromatic carbocycles. The maximum absolute atomic E-state index is 13.3. The number of amides is 3. The third-order valence-corrected chi connectivity index (χ3v) is 6.20. The van der Waals surface area contributed by atoms with Crippen LogP contribution in [0.1, 0.15) is 34.5 Å². The summed E-state index contributed by atoms with van der Waals surface area (Å²) in [5.74, 6) is -1.07. The first-order valence-electron chi connectivity index (χ1n) is 12.4. The van der Waals surface area contributed by atoms with Crippen molar-refractivity contribution in [3.63, 3.8) is 0 Å². The zero-order valence-electron chi connectivity index (χ0n) is 22.1. The number of hydrogen-bond acceptors (Lipinski definition) is 5. The Labute approximate surface area is 226 Å². The fraction of sp³-hybridized carbons (Fsp3) is 0.207. The van der Waals surface area contributed by atoms with E-state index >= 15 is 0 Å². The summed E-state index contributed by atoms with van der Waals surface area (Å²) in [5, 5.41) is 17.1. The molecule has 2 aromatic heterocycles. The Hall–Kier alpha value is -4.99. The fourth-order valence-electron chi connectivity index (χ4n) is 4.11. The third kappa shape index (κ3) is 6.86. The van der Waals surface area contributed by atoms with Crippen molar-refractivity contribution in [1.29, 1.82) is 0 Å². The van der Waals surface area contributed by atoms with Gasteiger partial charge < -0.3 is 16.0 Å². The van der Waals surface area contributed by atoms with E-state index in [2.05, 4.69) is 38.8 Å². The van der Waals surface area contributed by atoms with E-state index in [0.717, 1.165) is 34.0 Å². The lowest BCUT2D eigenvalue weighted by molar-refractivity contribution is -0.124. The van der Waals surface area contributed by atoms with Gasteiger partial charge in [0, 0.05) is 49.7 Å². The van der Waals surface area contributed by atoms with E-state index in [0.29, 0.717) is 11.1 Å². The van der Waals surface area contributed by atoms with E-state index in [-0.39, 0.29) is 30.9 Å². The van der Waals surface area contributed by atoms with Crippen molar-refractivity contribution in [2.45, 2.75) is 19.5 Å². The molecule has 0 bridgehead atoms. The molecular weight excluding hydrogens is 494 g/mol. The van der Waals surface area contributed by atoms with Gasteiger partial charge in [0.05, 0.1) is 24.5 Å². The van der Waals surface area contributed by atoms with Gasteiger partial charge in [0.2, 0.25) is 11.8 Å². The second-order valence-electron chi connectivity index (χ2n) is 9.17. The third-order valence-electron chi connectivity index (χ3n) is 6.20. The highest BCUT2D eigenvalue weighted by Gasteiger charge is 2.18. The number of nitrogens with zero attached hydrogens (tertiary/aromatic N) is 4. The van der Waals surface area contributed by atoms with Crippen molar-refractivity contribution < 1.29 is 14.4 Å². The number of aromatic nitrogens is 4. The maximum Gasteiger partial charge on any atom is 0.252 e. The van der Waals surface area contributed by atoms with Crippen LogP contribution >= 0.6 is 0 Å². The van der Waals surface area contributed by atoms with Gasteiger partial charge >= 0.3 is 0 Å². The number of carbonyl (C=O) groups is 3. The molecule has 0 unspecified atom stereocenters. The summed E-state index contributed by atoms with van der Waals surface area (Å²) < 4.78 is 3.50. The normalized spacial score (nSPS) is 11.5. The zero-order valence-corrected chi connectivity index (χ0v) is 22.1. The molecule has 3 amide bonds. The summed E-state index contributed by atoms with van der Waals surface area (Å²) in [7, 11) is 3.74. The van der Waals surface area contributed by atoms with Crippen molar-refractivity contribution in [3.8, 4) is 22.4 Å². The van der Waals surface area contributed by atoms with Crippen LogP contribution in [0.2, 0.25) is 0 Å². The number of hydrogen-bond donors (Lipinski definition) is 3. The second kappa shape index (κ2) is 12.0. The number of aryl methyl sites for hydroxylation is 2. The van der Waals surface area contributed by atoms with Gasteiger partial charge in [0.15, 0.2) is 0 Å². The molecule has 200 valence electrons. The maximum atomic E-state index is 13.3. The van der Waals surface area contributed by atoms with Crippen molar-refractivity contribution in [2.75, 3.05) is 6.54 Å². The van der Waals surface area contributed by atoms with Crippen LogP contribution in [-0.4, -0.2) is 43.8 Å². The number of benzene rings is 2. The molecule has 39 heavy (non-hydrogen) atoms. The molecule has 2 heterocycles. The van der Waals surface area contributed by atoms with Crippen LogP contribution in [0.15, 0.2) is 79.8 Å². The van der Waals surface area contributed by atoms with Gasteiger partial charge in [-0.25, -0.2) is 0 Å². The van der Waals surface area contributed by atoms with Gasteiger partial charge in [-0.1, -0.05) is 24.8 Å². The highest BCUT2D eigenvalue weighted by molar-refractivity contribution is 5.96. The fourth-order valence-corrected chi connectivity index (χ4v) is 4.11. The first-order chi connectivity index (χ1) is 18.7. The molecule has 0 radical (unpaired) electrons. The Kier molecular flexibility index (Phi) is 8.35. The second-order valence-corrected chi connectivity index (χ2v) is 9.17. The van der Waals surface area contributed by atoms with E-state index in [1.54, 1.807) is 39.8 Å². The molecule has 0 spiro atoms. The average molecular weight is 526 g/mol. The Morgan fingerprint density at radius 1 is 1.00 bits per heavy atom. The minimum atomic E-state index is -0.433. The van der Waals surface area contributed by atoms with Crippen molar-refractivity contribution >= 4 is 17.7 Å². The number of nitrogens with one attached hydrogen (secondary N) is 3. The molecule has 1 atom stereocenters. The zero-order chi connectivity index (χ0) is 27.9. The SMILES string of the molecule is C=CC(=O)NCC(=O)NCc1ccccc1C(=O)N[C@H](C)c1cc(-c2cnn(C)c2)cc(-c2ccn(C)n2)c1. The lowest BCUT2D eigenvalue weighted by Crippen LogP contribution is -2.36. The Morgan fingerprint density at radius 3 is 2.46 bits per heavy atom. The van der Waals surface area contributed by atoms with E-state index < -0.39 is 5.91 Å². The highest BCUT2D eigenvalue weighted by Crippen LogP contribution is 2.30. The molecule has 0 aliphatic heterocycles. The predicted molar refractivity (Wildman–Crippen MR) is 148 cm³/mol. The molecule has 3 N–H and O–H groups in total. The summed E-state index contributed by atoms with van der Waals surface area (Å²) in [5.41, 5.74) is 5.70. The predicted octanol–water partition coefficient (Wildman–Crippen LogP) is 2.90. The molecule has 0 saturated carbocycles. The van der Waals surface area contributed by atoms with Gasteiger partial charge in [0.1, 0.15) is 0 Å². The highest BCUT2D eigenvalue weighted by atomic mass is 16.2. The quantitative estimate of drug-likeness (QED) is 0.275. The van der Waals surface area contributed by atoms with Crippen LogP contribution in [0.4, 0.5) is 0 Å². The van der Waals surface area contributed by atoms with E-state index in [4.69, 9.17) is 0 Å². The summed E-state index contributed by atoms with van der Waals surface area (Å²) >= 11 is 0. The molecule has 10 nitrogen and oxygen atoms in total. The first kappa shape index (κ1) is 27.1. The Balaban J connectivity index is 1.53. The topological polar surface area (TPSA) is 123 Å². The van der Waals surface area contributed by atoms with Gasteiger partial charge in [-0.15, -0.1) is 0 Å². The van der Waals surface area contributed by atoms with Gasteiger partial charge in [-0.05, 0) is 60.0 Å². The Morgan fingerprint density at radius 2 is 1.77 bits per heavy atom. The minimum Gasteiger partial charge on any atom is -0.350 e. The molecule has 0 aliphatic carbocycles. The van der Waals surface area contributed by atoms with Crippen LogP contribution in [0, 0.1) is 0 Å². The molecule has 0 saturated heterocycles. The van der Waals surface area contributed by atoms with Crippen molar-refractivity contribution in [3.05, 3.63) is 96.5 Å². The smallest absolute Gasteiger partial charge is 0.252 e. The monoisotopic (exact) mass is 525 g/mol. The first-order valence-corrected chi connectivity index (χ1v) is 12.4. The number of rotatable bonds is 10. The molecule has 0 fully saturated rings. The van der Waals surface area contributed by atoms with Crippen LogP contribution in [-0.2, 0) is 30.2 Å². The van der Waals surface area contributed by atoms with E-state index in [9.17, 15) is 14.4 Å².